The van der Waals surface area contributed by atoms with Crippen LogP contribution in [0.4, 0.5) is 11.6 Å². The average molecular weight is 372 g/mol. The van der Waals surface area contributed by atoms with Crippen LogP contribution in [0, 0.1) is 6.92 Å². The quantitative estimate of drug-likeness (QED) is 0.730. The molecule has 28 heavy (non-hydrogen) atoms. The monoisotopic (exact) mass is 372 g/mol. The Morgan fingerprint density at radius 1 is 1.07 bits per heavy atom. The summed E-state index contributed by atoms with van der Waals surface area (Å²) in [6.07, 6.45) is 3.79. The molecular formula is C23H24N4O. The van der Waals surface area contributed by atoms with Gasteiger partial charge in [0.05, 0.1) is 5.69 Å². The summed E-state index contributed by atoms with van der Waals surface area (Å²) in [5.41, 5.74) is 3.85. The van der Waals surface area contributed by atoms with E-state index >= 15 is 0 Å². The van der Waals surface area contributed by atoms with Gasteiger partial charge in [-0.15, -0.1) is 0 Å². The molecule has 5 nitrogen and oxygen atoms in total. The second kappa shape index (κ2) is 8.21. The Balaban J connectivity index is 1.48. The molecule has 0 unspecified atom stereocenters. The molecule has 1 atom stereocenters. The molecule has 0 radical (unpaired) electrons. The summed E-state index contributed by atoms with van der Waals surface area (Å²) in [6.45, 7) is 3.51. The van der Waals surface area contributed by atoms with Crippen molar-refractivity contribution in [2.24, 2.45) is 0 Å². The minimum Gasteiger partial charge on any atom is -0.338 e. The number of carbonyl (C=O) groups excluding carboxylic acids is 1. The van der Waals surface area contributed by atoms with E-state index in [1.807, 2.05) is 72.5 Å². The molecule has 2 heterocycles. The summed E-state index contributed by atoms with van der Waals surface area (Å²) >= 11 is 0. The first-order chi connectivity index (χ1) is 13.7. The minimum absolute atomic E-state index is 0.0985. The Labute approximate surface area is 165 Å². The van der Waals surface area contributed by atoms with Crippen molar-refractivity contribution in [3.8, 4) is 0 Å². The van der Waals surface area contributed by atoms with Gasteiger partial charge < -0.3 is 10.2 Å². The van der Waals surface area contributed by atoms with Crippen LogP contribution in [0.3, 0.4) is 0 Å². The molecule has 142 valence electrons. The molecule has 1 aliphatic rings. The summed E-state index contributed by atoms with van der Waals surface area (Å²) in [5, 5.41) is 3.25. The van der Waals surface area contributed by atoms with E-state index in [9.17, 15) is 4.79 Å². The summed E-state index contributed by atoms with van der Waals surface area (Å²) in [6, 6.07) is 19.6. The maximum atomic E-state index is 12.9. The number of amides is 1. The maximum absolute atomic E-state index is 12.9. The van der Waals surface area contributed by atoms with Crippen molar-refractivity contribution in [2.75, 3.05) is 18.4 Å². The number of benzene rings is 2. The predicted octanol–water partition coefficient (Wildman–Crippen LogP) is 4.55. The van der Waals surface area contributed by atoms with Gasteiger partial charge in [0.25, 0.3) is 5.91 Å². The Bertz CT molecular complexity index is 940. The van der Waals surface area contributed by atoms with Gasteiger partial charge >= 0.3 is 0 Å². The highest BCUT2D eigenvalue weighted by Gasteiger charge is 2.26. The zero-order valence-electron chi connectivity index (χ0n) is 16.0. The molecule has 0 saturated carbocycles. The lowest BCUT2D eigenvalue weighted by Gasteiger charge is -2.32. The number of aromatic nitrogens is 2. The minimum atomic E-state index is 0.0985. The van der Waals surface area contributed by atoms with E-state index in [-0.39, 0.29) is 11.8 Å². The van der Waals surface area contributed by atoms with E-state index in [0.29, 0.717) is 12.5 Å². The molecule has 2 aromatic carbocycles. The number of hydrogen-bond donors (Lipinski definition) is 1. The Kier molecular flexibility index (Phi) is 5.33. The molecule has 1 N–H and O–H groups in total. The topological polar surface area (TPSA) is 58.1 Å². The van der Waals surface area contributed by atoms with E-state index in [4.69, 9.17) is 4.98 Å². The van der Waals surface area contributed by atoms with Gasteiger partial charge in [0.2, 0.25) is 5.95 Å². The second-order valence-corrected chi connectivity index (χ2v) is 7.25. The van der Waals surface area contributed by atoms with E-state index in [1.54, 1.807) is 6.20 Å². The van der Waals surface area contributed by atoms with Crippen LogP contribution in [-0.4, -0.2) is 33.9 Å². The van der Waals surface area contributed by atoms with Crippen LogP contribution < -0.4 is 5.32 Å². The fraction of sp³-hybridized carbons (Fsp3) is 0.261. The fourth-order valence-electron chi connectivity index (χ4n) is 3.59. The molecular weight excluding hydrogens is 348 g/mol. The molecule has 1 aliphatic heterocycles. The lowest BCUT2D eigenvalue weighted by molar-refractivity contribution is 0.0706. The van der Waals surface area contributed by atoms with Crippen LogP contribution in [0.5, 0.6) is 0 Å². The van der Waals surface area contributed by atoms with Gasteiger partial charge in [0.15, 0.2) is 0 Å². The van der Waals surface area contributed by atoms with Crippen molar-refractivity contribution in [2.45, 2.75) is 25.7 Å². The lowest BCUT2D eigenvalue weighted by Crippen LogP contribution is -2.39. The number of para-hydroxylation sites is 1. The molecule has 1 saturated heterocycles. The third-order valence-electron chi connectivity index (χ3n) is 5.13. The van der Waals surface area contributed by atoms with Crippen LogP contribution in [0.25, 0.3) is 0 Å². The Morgan fingerprint density at radius 2 is 1.86 bits per heavy atom. The summed E-state index contributed by atoms with van der Waals surface area (Å²) in [7, 11) is 0. The van der Waals surface area contributed by atoms with Gasteiger partial charge in [-0.25, -0.2) is 9.97 Å². The summed E-state index contributed by atoms with van der Waals surface area (Å²) < 4.78 is 0. The zero-order valence-corrected chi connectivity index (χ0v) is 16.0. The smallest absolute Gasteiger partial charge is 0.253 e. The van der Waals surface area contributed by atoms with Gasteiger partial charge in [0, 0.05) is 36.5 Å². The summed E-state index contributed by atoms with van der Waals surface area (Å²) in [4.78, 5) is 23.9. The molecule has 0 aliphatic carbocycles. The third-order valence-corrected chi connectivity index (χ3v) is 5.13. The first kappa shape index (κ1) is 18.2. The average Bonchev–Trinajstić information content (AvgIpc) is 2.75. The lowest BCUT2D eigenvalue weighted by atomic mass is 9.94. The number of nitrogens with zero attached hydrogens (tertiary/aromatic N) is 3. The first-order valence-corrected chi connectivity index (χ1v) is 9.70. The number of anilines is 2. The molecule has 1 amide bonds. The molecule has 1 fully saturated rings. The SMILES string of the molecule is Cc1ccc(C(=O)N2CCC[C@@H](c3ccnc(Nc4ccccc4)n3)C2)cc1. The third kappa shape index (κ3) is 4.19. The zero-order chi connectivity index (χ0) is 19.3. The predicted molar refractivity (Wildman–Crippen MR) is 111 cm³/mol. The van der Waals surface area contributed by atoms with Crippen molar-refractivity contribution in [3.63, 3.8) is 0 Å². The highest BCUT2D eigenvalue weighted by atomic mass is 16.2. The van der Waals surface area contributed by atoms with Gasteiger partial charge in [-0.1, -0.05) is 35.9 Å². The molecule has 3 aromatic rings. The number of piperidine rings is 1. The van der Waals surface area contributed by atoms with Gasteiger partial charge in [-0.2, -0.15) is 0 Å². The fourth-order valence-corrected chi connectivity index (χ4v) is 3.59. The Hall–Kier alpha value is -3.21. The summed E-state index contributed by atoms with van der Waals surface area (Å²) in [5.74, 6) is 0.912. The highest BCUT2D eigenvalue weighted by molar-refractivity contribution is 5.94. The molecule has 5 heteroatoms. The maximum Gasteiger partial charge on any atom is 0.253 e. The van der Waals surface area contributed by atoms with E-state index in [1.165, 1.54) is 0 Å². The largest absolute Gasteiger partial charge is 0.338 e. The normalized spacial score (nSPS) is 16.6. The number of carbonyl (C=O) groups is 1. The molecule has 0 spiro atoms. The van der Waals surface area contributed by atoms with Crippen LogP contribution >= 0.6 is 0 Å². The number of rotatable bonds is 4. The highest BCUT2D eigenvalue weighted by Crippen LogP contribution is 2.27. The standard InChI is InChI=1S/C23H24N4O/c1-17-9-11-18(12-10-17)22(28)27-15-5-6-19(16-27)21-13-14-24-23(26-21)25-20-7-3-2-4-8-20/h2-4,7-14,19H,5-6,15-16H2,1H3,(H,24,25,26)/t19-/m1/s1. The number of nitrogens with one attached hydrogen (secondary N) is 1. The van der Waals surface area contributed by atoms with Gasteiger partial charge in [-0.3, -0.25) is 4.79 Å². The molecule has 1 aromatic heterocycles. The van der Waals surface area contributed by atoms with Gasteiger partial charge in [0.1, 0.15) is 0 Å². The van der Waals surface area contributed by atoms with Crippen molar-refractivity contribution in [3.05, 3.63) is 83.7 Å². The van der Waals surface area contributed by atoms with Crippen molar-refractivity contribution < 1.29 is 4.79 Å². The van der Waals surface area contributed by atoms with E-state index in [2.05, 4.69) is 10.3 Å². The second-order valence-electron chi connectivity index (χ2n) is 7.25. The number of likely N-dealkylation sites (tertiary alicyclic amines) is 1. The van der Waals surface area contributed by atoms with Crippen molar-refractivity contribution >= 4 is 17.5 Å². The van der Waals surface area contributed by atoms with Crippen LogP contribution in [0.15, 0.2) is 66.9 Å². The van der Waals surface area contributed by atoms with Gasteiger partial charge in [-0.05, 0) is 50.1 Å². The van der Waals surface area contributed by atoms with Crippen LogP contribution in [-0.2, 0) is 0 Å². The Morgan fingerprint density at radius 3 is 2.64 bits per heavy atom. The number of aryl methyl sites for hydroxylation is 1. The number of hydrogen-bond acceptors (Lipinski definition) is 4. The molecule has 4 rings (SSSR count). The van der Waals surface area contributed by atoms with Crippen LogP contribution in [0.2, 0.25) is 0 Å². The van der Waals surface area contributed by atoms with Crippen molar-refractivity contribution in [1.82, 2.24) is 14.9 Å². The van der Waals surface area contributed by atoms with E-state index < -0.39 is 0 Å². The first-order valence-electron chi connectivity index (χ1n) is 9.70. The molecule has 0 bridgehead atoms. The van der Waals surface area contributed by atoms with Crippen LogP contribution in [0.1, 0.15) is 40.4 Å². The van der Waals surface area contributed by atoms with E-state index in [0.717, 1.165) is 41.9 Å². The van der Waals surface area contributed by atoms with Crippen molar-refractivity contribution in [1.29, 1.82) is 0 Å².